The Kier molecular flexibility index (Phi) is 3.44. The van der Waals surface area contributed by atoms with Crippen LogP contribution in [0.25, 0.3) is 0 Å². The van der Waals surface area contributed by atoms with E-state index in [0.29, 0.717) is 23.6 Å². The van der Waals surface area contributed by atoms with Gasteiger partial charge in [0.25, 0.3) is 0 Å². The fraction of sp³-hybridized carbons (Fsp3) is 0.167. The lowest BCUT2D eigenvalue weighted by Crippen LogP contribution is -2.11. The van der Waals surface area contributed by atoms with Crippen molar-refractivity contribution >= 4 is 23.3 Å². The molecule has 1 aliphatic rings. The summed E-state index contributed by atoms with van der Waals surface area (Å²) in [5, 5.41) is 7.62. The summed E-state index contributed by atoms with van der Waals surface area (Å²) in [6.07, 6.45) is 2.50. The second-order valence-corrected chi connectivity index (χ2v) is 4.07. The maximum Gasteiger partial charge on any atom is 0.335 e. The van der Waals surface area contributed by atoms with Gasteiger partial charge < -0.3 is 0 Å². The van der Waals surface area contributed by atoms with Crippen LogP contribution in [0.5, 0.6) is 0 Å². The lowest BCUT2D eigenvalue weighted by atomic mass is 10.1. The van der Waals surface area contributed by atoms with E-state index in [9.17, 15) is 9.59 Å². The van der Waals surface area contributed by atoms with Gasteiger partial charge in [-0.3, -0.25) is 9.59 Å². The number of allylic oxidation sites excluding steroid dienone is 1. The van der Waals surface area contributed by atoms with Crippen molar-refractivity contribution < 1.29 is 9.59 Å². The van der Waals surface area contributed by atoms with E-state index in [4.69, 9.17) is 11.6 Å². The number of nitrogens with zero attached hydrogens (tertiary/aromatic N) is 2. The highest BCUT2D eigenvalue weighted by Crippen LogP contribution is 2.16. The van der Waals surface area contributed by atoms with Crippen LogP contribution >= 0.6 is 11.6 Å². The van der Waals surface area contributed by atoms with Crippen molar-refractivity contribution in [2.24, 2.45) is 10.2 Å². The lowest BCUT2D eigenvalue weighted by molar-refractivity contribution is -0.133. The molecule has 2 rings (SSSR count). The molecule has 4 nitrogen and oxygen atoms in total. The number of carbonyl (C=O) groups is 2. The van der Waals surface area contributed by atoms with Crippen molar-refractivity contribution in [3.63, 3.8) is 0 Å². The topological polar surface area (TPSA) is 58.9 Å². The normalized spacial score (nSPS) is 15.0. The van der Waals surface area contributed by atoms with E-state index in [1.54, 1.807) is 6.07 Å². The molecule has 5 heteroatoms. The Morgan fingerprint density at radius 1 is 1.12 bits per heavy atom. The second kappa shape index (κ2) is 5.01. The van der Waals surface area contributed by atoms with Gasteiger partial charge in [0.15, 0.2) is 0 Å². The first-order chi connectivity index (χ1) is 8.15. The maximum atomic E-state index is 11.1. The van der Waals surface area contributed by atoms with Crippen LogP contribution < -0.4 is 0 Å². The summed E-state index contributed by atoms with van der Waals surface area (Å²) < 4.78 is 0. The second-order valence-electron chi connectivity index (χ2n) is 3.63. The van der Waals surface area contributed by atoms with Gasteiger partial charge in [0.2, 0.25) is 5.78 Å². The quantitative estimate of drug-likeness (QED) is 0.772. The largest absolute Gasteiger partial charge is 0.335 e. The Labute approximate surface area is 103 Å². The predicted octanol–water partition coefficient (Wildman–Crippen LogP) is 2.72. The highest BCUT2D eigenvalue weighted by atomic mass is 35.5. The van der Waals surface area contributed by atoms with E-state index in [-0.39, 0.29) is 0 Å². The molecule has 0 fully saturated rings. The van der Waals surface area contributed by atoms with Crippen molar-refractivity contribution in [3.05, 3.63) is 46.6 Å². The van der Waals surface area contributed by atoms with Crippen molar-refractivity contribution in [1.82, 2.24) is 0 Å². The van der Waals surface area contributed by atoms with Crippen LogP contribution in [0.2, 0.25) is 5.02 Å². The van der Waals surface area contributed by atoms with Crippen molar-refractivity contribution in [1.29, 1.82) is 0 Å². The first-order valence-electron chi connectivity index (χ1n) is 5.10. The van der Waals surface area contributed by atoms with Crippen LogP contribution in [-0.4, -0.2) is 11.7 Å². The van der Waals surface area contributed by atoms with Gasteiger partial charge in [-0.05, 0) is 30.5 Å². The van der Waals surface area contributed by atoms with Crippen molar-refractivity contribution in [2.75, 3.05) is 0 Å². The minimum absolute atomic E-state index is 0.523. The van der Waals surface area contributed by atoms with E-state index in [0.717, 1.165) is 5.56 Å². The number of ketones is 1. The zero-order chi connectivity index (χ0) is 12.3. The number of azo groups is 1. The number of halogens is 1. The summed E-state index contributed by atoms with van der Waals surface area (Å²) in [7, 11) is 0. The van der Waals surface area contributed by atoms with Gasteiger partial charge in [-0.1, -0.05) is 23.7 Å². The molecule has 0 atom stereocenters. The first-order valence-corrected chi connectivity index (χ1v) is 5.48. The van der Waals surface area contributed by atoms with Gasteiger partial charge in [0.05, 0.1) is 5.70 Å². The third-order valence-electron chi connectivity index (χ3n) is 2.34. The van der Waals surface area contributed by atoms with E-state index >= 15 is 0 Å². The fourth-order valence-corrected chi connectivity index (χ4v) is 1.70. The molecule has 0 radical (unpaired) electrons. The molecule has 1 amide bonds. The maximum absolute atomic E-state index is 11.1. The molecule has 0 spiro atoms. The fourth-order valence-electron chi connectivity index (χ4n) is 1.49. The summed E-state index contributed by atoms with van der Waals surface area (Å²) in [6, 6.07) is 7.46. The molecule has 1 aromatic carbocycles. The zero-order valence-corrected chi connectivity index (χ0v) is 9.65. The number of benzene rings is 1. The molecule has 0 N–H and O–H groups in total. The highest BCUT2D eigenvalue weighted by molar-refractivity contribution is 6.41. The van der Waals surface area contributed by atoms with Gasteiger partial charge in [-0.2, -0.15) is 5.11 Å². The Balaban J connectivity index is 2.00. The van der Waals surface area contributed by atoms with Gasteiger partial charge in [-0.15, -0.1) is 5.11 Å². The number of aryl methyl sites for hydroxylation is 1. The standard InChI is InChI=1S/C12H9ClN2O2/c13-9-3-1-2-8(6-9)4-5-10-7-11(16)12(17)15-14-10/h1-3,6-7H,4-5H2. The predicted molar refractivity (Wildman–Crippen MR) is 62.7 cm³/mol. The molecule has 0 unspecified atom stereocenters. The first kappa shape index (κ1) is 11.7. The molecule has 1 aliphatic heterocycles. The Bertz CT molecular complexity index is 535. The highest BCUT2D eigenvalue weighted by Gasteiger charge is 2.16. The minimum atomic E-state index is -0.809. The number of amides is 1. The van der Waals surface area contributed by atoms with Crippen LogP contribution in [0.3, 0.4) is 0 Å². The SMILES string of the molecule is O=C1C=C(CCc2cccc(Cl)c2)N=NC1=O. The third kappa shape index (κ3) is 3.07. The van der Waals surface area contributed by atoms with Crippen molar-refractivity contribution in [2.45, 2.75) is 12.8 Å². The van der Waals surface area contributed by atoms with Crippen LogP contribution in [0, 0.1) is 0 Å². The zero-order valence-electron chi connectivity index (χ0n) is 8.89. The summed E-state index contributed by atoms with van der Waals surface area (Å²) >= 11 is 5.85. The molecular formula is C12H9ClN2O2. The van der Waals surface area contributed by atoms with E-state index in [2.05, 4.69) is 10.2 Å². The van der Waals surface area contributed by atoms with Crippen LogP contribution in [0.1, 0.15) is 12.0 Å². The molecule has 0 saturated carbocycles. The Hall–Kier alpha value is -1.81. The molecule has 17 heavy (non-hydrogen) atoms. The summed E-state index contributed by atoms with van der Waals surface area (Å²) in [4.78, 5) is 21.9. The molecule has 1 heterocycles. The molecule has 86 valence electrons. The monoisotopic (exact) mass is 248 g/mol. The van der Waals surface area contributed by atoms with Gasteiger partial charge >= 0.3 is 5.91 Å². The summed E-state index contributed by atoms with van der Waals surface area (Å²) in [5.74, 6) is -1.42. The Morgan fingerprint density at radius 2 is 1.94 bits per heavy atom. The minimum Gasteiger partial charge on any atom is -0.284 e. The molecular weight excluding hydrogens is 240 g/mol. The summed E-state index contributed by atoms with van der Waals surface area (Å²) in [6.45, 7) is 0. The average molecular weight is 249 g/mol. The van der Waals surface area contributed by atoms with Gasteiger partial charge in [0.1, 0.15) is 0 Å². The number of hydrogen-bond donors (Lipinski definition) is 0. The summed E-state index contributed by atoms with van der Waals surface area (Å²) in [5.41, 5.74) is 1.58. The van der Waals surface area contributed by atoms with Crippen LogP contribution in [0.15, 0.2) is 46.3 Å². The molecule has 0 aromatic heterocycles. The lowest BCUT2D eigenvalue weighted by Gasteiger charge is -2.04. The van der Waals surface area contributed by atoms with Gasteiger partial charge in [0, 0.05) is 11.1 Å². The average Bonchev–Trinajstić information content (AvgIpc) is 2.31. The number of hydrogen-bond acceptors (Lipinski definition) is 3. The Morgan fingerprint density at radius 3 is 2.65 bits per heavy atom. The van der Waals surface area contributed by atoms with E-state index < -0.39 is 11.7 Å². The van der Waals surface area contributed by atoms with Crippen molar-refractivity contribution in [3.8, 4) is 0 Å². The molecule has 0 aliphatic carbocycles. The van der Waals surface area contributed by atoms with Crippen LogP contribution in [0.4, 0.5) is 0 Å². The smallest absolute Gasteiger partial charge is 0.284 e. The van der Waals surface area contributed by atoms with Crippen LogP contribution in [-0.2, 0) is 16.0 Å². The molecule has 0 bridgehead atoms. The van der Waals surface area contributed by atoms with Gasteiger partial charge in [-0.25, -0.2) is 0 Å². The van der Waals surface area contributed by atoms with E-state index in [1.807, 2.05) is 18.2 Å². The number of carbonyl (C=O) groups excluding carboxylic acids is 2. The number of rotatable bonds is 3. The molecule has 1 aromatic rings. The molecule has 0 saturated heterocycles. The third-order valence-corrected chi connectivity index (χ3v) is 2.57. The van der Waals surface area contributed by atoms with E-state index in [1.165, 1.54) is 6.08 Å².